The van der Waals surface area contributed by atoms with Gasteiger partial charge in [-0.15, -0.1) is 0 Å². The number of rotatable bonds is 3. The van der Waals surface area contributed by atoms with Crippen LogP contribution in [0.2, 0.25) is 0 Å². The molecule has 0 aromatic carbocycles. The van der Waals surface area contributed by atoms with E-state index >= 15 is 0 Å². The minimum Gasteiger partial charge on any atom is -0.459 e. The van der Waals surface area contributed by atoms with E-state index < -0.39 is 7.12 Å². The quantitative estimate of drug-likeness (QED) is 0.618. The van der Waals surface area contributed by atoms with Gasteiger partial charge in [-0.2, -0.15) is 0 Å². The third-order valence-corrected chi connectivity index (χ3v) is 3.80. The normalized spacial score (nSPS) is 19.9. The van der Waals surface area contributed by atoms with Gasteiger partial charge in [0, 0.05) is 18.6 Å². The van der Waals surface area contributed by atoms with E-state index in [2.05, 4.69) is 4.98 Å². The summed E-state index contributed by atoms with van der Waals surface area (Å²) < 4.78 is 16.8. The summed E-state index contributed by atoms with van der Waals surface area (Å²) in [5, 5.41) is 0. The van der Waals surface area contributed by atoms with Gasteiger partial charge in [-0.25, -0.2) is 0 Å². The monoisotopic (exact) mass is 277 g/mol. The van der Waals surface area contributed by atoms with Crippen molar-refractivity contribution in [2.45, 2.75) is 52.4 Å². The molecular weight excluding hydrogens is 257 g/mol. The lowest BCUT2D eigenvalue weighted by Crippen LogP contribution is -2.41. The van der Waals surface area contributed by atoms with E-state index in [0.717, 1.165) is 5.46 Å². The van der Waals surface area contributed by atoms with Crippen molar-refractivity contribution in [1.29, 1.82) is 0 Å². The Morgan fingerprint density at radius 2 is 1.85 bits per heavy atom. The van der Waals surface area contributed by atoms with Crippen LogP contribution in [0.5, 0.6) is 0 Å². The lowest BCUT2D eigenvalue weighted by atomic mass is 9.80. The molecule has 0 aliphatic carbocycles. The van der Waals surface area contributed by atoms with Crippen LogP contribution < -0.4 is 5.46 Å². The Hall–Kier alpha value is -1.40. The molecule has 2 rings (SSSR count). The van der Waals surface area contributed by atoms with Crippen LogP contribution in [0.1, 0.15) is 40.3 Å². The molecule has 0 N–H and O–H groups in total. The minimum atomic E-state index is -0.421. The summed E-state index contributed by atoms with van der Waals surface area (Å²) in [7, 11) is -0.421. The van der Waals surface area contributed by atoms with Crippen molar-refractivity contribution >= 4 is 18.6 Å². The van der Waals surface area contributed by atoms with Gasteiger partial charge in [-0.1, -0.05) is 6.07 Å². The molecule has 1 saturated heterocycles. The molecule has 20 heavy (non-hydrogen) atoms. The van der Waals surface area contributed by atoms with Crippen LogP contribution in [0, 0.1) is 0 Å². The summed E-state index contributed by atoms with van der Waals surface area (Å²) in [6, 6.07) is 3.69. The molecule has 0 saturated carbocycles. The maximum Gasteiger partial charge on any atom is 0.496 e. The highest BCUT2D eigenvalue weighted by molar-refractivity contribution is 6.62. The molecule has 108 valence electrons. The fraction of sp³-hybridized carbons (Fsp3) is 0.571. The van der Waals surface area contributed by atoms with Gasteiger partial charge in [0.15, 0.2) is 0 Å². The zero-order chi connectivity index (χ0) is 15.0. The summed E-state index contributed by atoms with van der Waals surface area (Å²) in [6.07, 6.45) is 1.70. The van der Waals surface area contributed by atoms with Crippen LogP contribution in [-0.2, 0) is 25.4 Å². The topological polar surface area (TPSA) is 57.7 Å². The number of pyridine rings is 1. The lowest BCUT2D eigenvalue weighted by molar-refractivity contribution is -0.142. The van der Waals surface area contributed by atoms with Crippen molar-refractivity contribution in [2.24, 2.45) is 0 Å². The molecule has 0 radical (unpaired) electrons. The average molecular weight is 277 g/mol. The highest BCUT2D eigenvalue weighted by Crippen LogP contribution is 2.36. The van der Waals surface area contributed by atoms with Crippen LogP contribution in [0.15, 0.2) is 18.3 Å². The smallest absolute Gasteiger partial charge is 0.459 e. The van der Waals surface area contributed by atoms with Crippen molar-refractivity contribution in [3.05, 3.63) is 24.0 Å². The van der Waals surface area contributed by atoms with Crippen LogP contribution in [0.25, 0.3) is 0 Å². The first-order chi connectivity index (χ1) is 9.21. The van der Waals surface area contributed by atoms with Crippen molar-refractivity contribution in [1.82, 2.24) is 4.98 Å². The van der Waals surface area contributed by atoms with Gasteiger partial charge < -0.3 is 14.0 Å². The van der Waals surface area contributed by atoms with E-state index in [-0.39, 0.29) is 23.8 Å². The first kappa shape index (κ1) is 15.0. The summed E-state index contributed by atoms with van der Waals surface area (Å²) in [5.74, 6) is -0.318. The van der Waals surface area contributed by atoms with Gasteiger partial charge >= 0.3 is 13.1 Å². The Balaban J connectivity index is 2.06. The second kappa shape index (κ2) is 5.18. The van der Waals surface area contributed by atoms with Crippen LogP contribution in [0.3, 0.4) is 0 Å². The number of ether oxygens (including phenoxy) is 1. The molecule has 0 spiro atoms. The number of nitrogens with zero attached hydrogens (tertiary/aromatic N) is 1. The number of carbonyl (C=O) groups excluding carboxylic acids is 1. The van der Waals surface area contributed by atoms with E-state index in [1.807, 2.05) is 39.8 Å². The van der Waals surface area contributed by atoms with Crippen LogP contribution in [0.4, 0.5) is 0 Å². The molecule has 6 heteroatoms. The van der Waals surface area contributed by atoms with Crippen molar-refractivity contribution in [3.63, 3.8) is 0 Å². The maximum atomic E-state index is 10.7. The predicted molar refractivity (Wildman–Crippen MR) is 75.4 cm³/mol. The average Bonchev–Trinajstić information content (AvgIpc) is 2.56. The third kappa shape index (κ3) is 3.02. The fourth-order valence-electron chi connectivity index (χ4n) is 1.82. The SMILES string of the molecule is CC(=O)OCc1ccc(B2OC(C)(C)C(C)(C)O2)cn1. The summed E-state index contributed by atoms with van der Waals surface area (Å²) in [5.41, 5.74) is 0.818. The van der Waals surface area contributed by atoms with E-state index in [1.165, 1.54) is 6.92 Å². The molecule has 0 unspecified atom stereocenters. The maximum absolute atomic E-state index is 10.7. The van der Waals surface area contributed by atoms with Gasteiger partial charge in [0.05, 0.1) is 16.9 Å². The largest absolute Gasteiger partial charge is 0.496 e. The number of carbonyl (C=O) groups is 1. The standard InChI is InChI=1S/C14H20BNO4/c1-10(17)18-9-12-7-6-11(8-16-12)15-19-13(2,3)14(4,5)20-15/h6-8H,9H2,1-5H3. The Morgan fingerprint density at radius 1 is 1.25 bits per heavy atom. The summed E-state index contributed by atoms with van der Waals surface area (Å²) in [6.45, 7) is 9.59. The molecule has 1 aromatic rings. The molecule has 0 bridgehead atoms. The van der Waals surface area contributed by atoms with Crippen molar-refractivity contribution in [3.8, 4) is 0 Å². The van der Waals surface area contributed by atoms with Crippen LogP contribution in [-0.4, -0.2) is 29.3 Å². The van der Waals surface area contributed by atoms with Crippen molar-refractivity contribution < 1.29 is 18.8 Å². The number of hydrogen-bond acceptors (Lipinski definition) is 5. The van der Waals surface area contributed by atoms with Gasteiger partial charge in [0.2, 0.25) is 0 Å². The highest BCUT2D eigenvalue weighted by Gasteiger charge is 2.51. The summed E-state index contributed by atoms with van der Waals surface area (Å²) >= 11 is 0. The van der Waals surface area contributed by atoms with Gasteiger partial charge in [0.25, 0.3) is 0 Å². The molecule has 1 aliphatic rings. The highest BCUT2D eigenvalue weighted by atomic mass is 16.7. The molecule has 5 nitrogen and oxygen atoms in total. The second-order valence-electron chi connectivity index (χ2n) is 5.95. The Morgan fingerprint density at radius 3 is 2.30 bits per heavy atom. The molecule has 2 heterocycles. The fourth-order valence-corrected chi connectivity index (χ4v) is 1.82. The zero-order valence-corrected chi connectivity index (χ0v) is 12.6. The third-order valence-electron chi connectivity index (χ3n) is 3.80. The Labute approximate surface area is 119 Å². The zero-order valence-electron chi connectivity index (χ0n) is 12.6. The van der Waals surface area contributed by atoms with Gasteiger partial charge in [-0.3, -0.25) is 9.78 Å². The minimum absolute atomic E-state index is 0.180. The molecule has 1 aromatic heterocycles. The molecule has 1 aliphatic heterocycles. The first-order valence-corrected chi connectivity index (χ1v) is 6.65. The van der Waals surface area contributed by atoms with E-state index in [1.54, 1.807) is 6.20 Å². The summed E-state index contributed by atoms with van der Waals surface area (Å²) in [4.78, 5) is 15.0. The number of esters is 1. The molecule has 1 fully saturated rings. The second-order valence-corrected chi connectivity index (χ2v) is 5.95. The van der Waals surface area contributed by atoms with Crippen LogP contribution >= 0.6 is 0 Å². The van der Waals surface area contributed by atoms with E-state index in [0.29, 0.717) is 5.69 Å². The predicted octanol–water partition coefficient (Wildman–Crippen LogP) is 1.44. The molecule has 0 atom stereocenters. The number of aromatic nitrogens is 1. The lowest BCUT2D eigenvalue weighted by Gasteiger charge is -2.32. The number of hydrogen-bond donors (Lipinski definition) is 0. The molecular formula is C14H20BNO4. The van der Waals surface area contributed by atoms with E-state index in [9.17, 15) is 4.79 Å². The van der Waals surface area contributed by atoms with Crippen molar-refractivity contribution in [2.75, 3.05) is 0 Å². The Kier molecular flexibility index (Phi) is 3.89. The van der Waals surface area contributed by atoms with E-state index in [4.69, 9.17) is 14.0 Å². The first-order valence-electron chi connectivity index (χ1n) is 6.65. The Bertz CT molecular complexity index is 482. The molecule has 0 amide bonds. The van der Waals surface area contributed by atoms with Gasteiger partial charge in [0.1, 0.15) is 6.61 Å². The van der Waals surface area contributed by atoms with Gasteiger partial charge in [-0.05, 0) is 33.8 Å².